The average Bonchev–Trinajstić information content (AvgIpc) is 3.11. The van der Waals surface area contributed by atoms with Gasteiger partial charge in [0.25, 0.3) is 0 Å². The monoisotopic (exact) mass is 382 g/mol. The van der Waals surface area contributed by atoms with E-state index in [1.165, 1.54) is 5.56 Å². The summed E-state index contributed by atoms with van der Waals surface area (Å²) in [7, 11) is 0. The lowest BCUT2D eigenvalue weighted by atomic mass is 10.0. The van der Waals surface area contributed by atoms with E-state index in [4.69, 9.17) is 9.72 Å². The first-order valence-electron chi connectivity index (χ1n) is 10.1. The molecule has 0 bridgehead atoms. The molecule has 3 nitrogen and oxygen atoms in total. The van der Waals surface area contributed by atoms with Crippen LogP contribution < -0.4 is 4.74 Å². The van der Waals surface area contributed by atoms with E-state index in [2.05, 4.69) is 79.1 Å². The van der Waals surface area contributed by atoms with Crippen molar-refractivity contribution in [3.05, 3.63) is 95.8 Å². The van der Waals surface area contributed by atoms with Crippen LogP contribution in [0.15, 0.2) is 78.9 Å². The quantitative estimate of drug-likeness (QED) is 0.369. The van der Waals surface area contributed by atoms with E-state index in [1.807, 2.05) is 30.3 Å². The highest BCUT2D eigenvalue weighted by Gasteiger charge is 2.10. The van der Waals surface area contributed by atoms with E-state index in [1.54, 1.807) is 0 Å². The zero-order chi connectivity index (χ0) is 20.1. The number of nitrogens with zero attached hydrogens (tertiary/aromatic N) is 2. The van der Waals surface area contributed by atoms with Crippen LogP contribution in [0.4, 0.5) is 0 Å². The number of benzene rings is 3. The molecule has 146 valence electrons. The van der Waals surface area contributed by atoms with Crippen LogP contribution in [-0.2, 0) is 6.54 Å². The summed E-state index contributed by atoms with van der Waals surface area (Å²) in [6.45, 7) is 5.72. The Hall–Kier alpha value is -3.33. The van der Waals surface area contributed by atoms with Gasteiger partial charge in [-0.25, -0.2) is 4.98 Å². The maximum absolute atomic E-state index is 6.17. The van der Waals surface area contributed by atoms with Gasteiger partial charge in [0.1, 0.15) is 18.2 Å². The molecule has 0 aliphatic carbocycles. The van der Waals surface area contributed by atoms with Crippen LogP contribution in [-0.4, -0.2) is 16.2 Å². The predicted octanol–water partition coefficient (Wildman–Crippen LogP) is 6.41. The normalized spacial score (nSPS) is 11.6. The molecule has 4 aromatic rings. The highest BCUT2D eigenvalue weighted by Crippen LogP contribution is 2.26. The van der Waals surface area contributed by atoms with Gasteiger partial charge in [0.15, 0.2) is 0 Å². The highest BCUT2D eigenvalue weighted by atomic mass is 16.5. The molecule has 0 saturated carbocycles. The second-order valence-electron chi connectivity index (χ2n) is 7.40. The zero-order valence-corrected chi connectivity index (χ0v) is 17.0. The molecule has 0 saturated heterocycles. The molecule has 3 aromatic carbocycles. The second kappa shape index (κ2) is 8.78. The minimum absolute atomic E-state index is 0.435. The van der Waals surface area contributed by atoms with Gasteiger partial charge < -0.3 is 9.30 Å². The molecular weight excluding hydrogens is 356 g/mol. The number of hydrogen-bond donors (Lipinski definition) is 0. The maximum Gasteiger partial charge on any atom is 0.133 e. The van der Waals surface area contributed by atoms with Gasteiger partial charge in [-0.1, -0.05) is 80.6 Å². The third kappa shape index (κ3) is 4.40. The van der Waals surface area contributed by atoms with Crippen LogP contribution in [0.5, 0.6) is 5.75 Å². The van der Waals surface area contributed by atoms with Crippen LogP contribution in [0.3, 0.4) is 0 Å². The number of rotatable bonds is 7. The predicted molar refractivity (Wildman–Crippen MR) is 121 cm³/mol. The Morgan fingerprint density at radius 1 is 0.862 bits per heavy atom. The van der Waals surface area contributed by atoms with Crippen molar-refractivity contribution in [3.63, 3.8) is 0 Å². The molecule has 1 aromatic heterocycles. The van der Waals surface area contributed by atoms with Crippen molar-refractivity contribution in [2.75, 3.05) is 6.61 Å². The molecule has 0 radical (unpaired) electrons. The van der Waals surface area contributed by atoms with E-state index in [0.717, 1.165) is 34.7 Å². The molecule has 3 heteroatoms. The SMILES string of the molecule is CC(C)c1ccccc1OCCn1c(/C=C/c2ccccc2)nc2ccccc21. The molecule has 0 atom stereocenters. The second-order valence-corrected chi connectivity index (χ2v) is 7.40. The van der Waals surface area contributed by atoms with Gasteiger partial charge in [0.05, 0.1) is 17.6 Å². The Kier molecular flexibility index (Phi) is 5.76. The smallest absolute Gasteiger partial charge is 0.133 e. The Morgan fingerprint density at radius 3 is 2.41 bits per heavy atom. The lowest BCUT2D eigenvalue weighted by Gasteiger charge is -2.14. The van der Waals surface area contributed by atoms with Crippen molar-refractivity contribution >= 4 is 23.2 Å². The van der Waals surface area contributed by atoms with Crippen LogP contribution in [0.25, 0.3) is 23.2 Å². The molecule has 0 fully saturated rings. The van der Waals surface area contributed by atoms with Gasteiger partial charge in [0, 0.05) is 0 Å². The average molecular weight is 383 g/mol. The Balaban J connectivity index is 1.57. The summed E-state index contributed by atoms with van der Waals surface area (Å²) in [5, 5.41) is 0. The summed E-state index contributed by atoms with van der Waals surface area (Å²) < 4.78 is 8.39. The van der Waals surface area contributed by atoms with Gasteiger partial charge in [-0.3, -0.25) is 0 Å². The van der Waals surface area contributed by atoms with Gasteiger partial charge in [-0.15, -0.1) is 0 Å². The minimum atomic E-state index is 0.435. The molecule has 0 spiro atoms. The summed E-state index contributed by atoms with van der Waals surface area (Å²) in [5.41, 5.74) is 4.53. The summed E-state index contributed by atoms with van der Waals surface area (Å²) in [6.07, 6.45) is 4.18. The van der Waals surface area contributed by atoms with Crippen molar-refractivity contribution in [1.82, 2.24) is 9.55 Å². The maximum atomic E-state index is 6.17. The largest absolute Gasteiger partial charge is 0.491 e. The van der Waals surface area contributed by atoms with Gasteiger partial charge >= 0.3 is 0 Å². The molecule has 0 unspecified atom stereocenters. The highest BCUT2D eigenvalue weighted by molar-refractivity contribution is 5.79. The number of fused-ring (bicyclic) bond motifs is 1. The van der Waals surface area contributed by atoms with Gasteiger partial charge in [-0.05, 0) is 41.3 Å². The first-order valence-corrected chi connectivity index (χ1v) is 10.1. The summed E-state index contributed by atoms with van der Waals surface area (Å²) in [4.78, 5) is 4.82. The molecule has 0 amide bonds. The van der Waals surface area contributed by atoms with E-state index in [-0.39, 0.29) is 0 Å². The lowest BCUT2D eigenvalue weighted by molar-refractivity contribution is 0.296. The molecule has 29 heavy (non-hydrogen) atoms. The van der Waals surface area contributed by atoms with Crippen molar-refractivity contribution in [1.29, 1.82) is 0 Å². The van der Waals surface area contributed by atoms with Crippen LogP contribution in [0.2, 0.25) is 0 Å². The van der Waals surface area contributed by atoms with E-state index in [9.17, 15) is 0 Å². The molecular formula is C26H26N2O. The summed E-state index contributed by atoms with van der Waals surface area (Å²) >= 11 is 0. The summed E-state index contributed by atoms with van der Waals surface area (Å²) in [5.74, 6) is 2.34. The minimum Gasteiger partial charge on any atom is -0.491 e. The fourth-order valence-corrected chi connectivity index (χ4v) is 3.53. The van der Waals surface area contributed by atoms with Crippen molar-refractivity contribution in [2.45, 2.75) is 26.3 Å². The number of para-hydroxylation sites is 3. The van der Waals surface area contributed by atoms with Gasteiger partial charge in [0.2, 0.25) is 0 Å². The third-order valence-corrected chi connectivity index (χ3v) is 5.02. The number of aromatic nitrogens is 2. The molecule has 0 aliphatic heterocycles. The van der Waals surface area contributed by atoms with E-state index >= 15 is 0 Å². The molecule has 4 rings (SSSR count). The Labute approximate surface area is 172 Å². The Morgan fingerprint density at radius 2 is 1.59 bits per heavy atom. The molecule has 0 aliphatic rings. The van der Waals surface area contributed by atoms with Crippen molar-refractivity contribution < 1.29 is 4.74 Å². The lowest BCUT2D eigenvalue weighted by Crippen LogP contribution is -2.10. The third-order valence-electron chi connectivity index (χ3n) is 5.02. The number of imidazole rings is 1. The standard InChI is InChI=1S/C26H26N2O/c1-20(2)22-12-6-9-15-25(22)29-19-18-28-24-14-8-7-13-23(24)27-26(28)17-16-21-10-4-3-5-11-21/h3-17,20H,18-19H2,1-2H3/b17-16+. The van der Waals surface area contributed by atoms with E-state index in [0.29, 0.717) is 12.5 Å². The fourth-order valence-electron chi connectivity index (χ4n) is 3.53. The number of ether oxygens (including phenoxy) is 1. The van der Waals surface area contributed by atoms with Gasteiger partial charge in [-0.2, -0.15) is 0 Å². The Bertz CT molecular complexity index is 1110. The van der Waals surface area contributed by atoms with Crippen LogP contribution in [0.1, 0.15) is 36.7 Å². The van der Waals surface area contributed by atoms with Crippen molar-refractivity contribution in [3.8, 4) is 5.75 Å². The topological polar surface area (TPSA) is 27.1 Å². The molecule has 0 N–H and O–H groups in total. The van der Waals surface area contributed by atoms with Crippen LogP contribution in [0, 0.1) is 0 Å². The van der Waals surface area contributed by atoms with E-state index < -0.39 is 0 Å². The van der Waals surface area contributed by atoms with Crippen LogP contribution >= 0.6 is 0 Å². The zero-order valence-electron chi connectivity index (χ0n) is 17.0. The number of hydrogen-bond acceptors (Lipinski definition) is 2. The first-order chi connectivity index (χ1) is 14.2. The first kappa shape index (κ1) is 19.0. The fraction of sp³-hybridized carbons (Fsp3) is 0.192. The van der Waals surface area contributed by atoms with Crippen molar-refractivity contribution in [2.24, 2.45) is 0 Å². The molecule has 1 heterocycles. The summed E-state index contributed by atoms with van der Waals surface area (Å²) in [6, 6.07) is 26.8.